The topological polar surface area (TPSA) is 93.6 Å². The van der Waals surface area contributed by atoms with Crippen LogP contribution in [-0.2, 0) is 0 Å². The zero-order chi connectivity index (χ0) is 12.5. The molecule has 0 atom stereocenters. The number of nitrogen functional groups attached to an aromatic ring is 1. The van der Waals surface area contributed by atoms with Crippen LogP contribution in [0.2, 0.25) is 0 Å². The number of nitrogens with zero attached hydrogens (tertiary/aromatic N) is 3. The van der Waals surface area contributed by atoms with E-state index in [1.165, 1.54) is 5.56 Å². The minimum atomic E-state index is 0.344. The van der Waals surface area contributed by atoms with Gasteiger partial charge in [-0.3, -0.25) is 0 Å². The molecule has 18 heavy (non-hydrogen) atoms. The van der Waals surface area contributed by atoms with Crippen molar-refractivity contribution in [3.05, 3.63) is 36.0 Å². The molecular formula is C12H11N5O. The van der Waals surface area contributed by atoms with E-state index in [0.29, 0.717) is 17.3 Å². The van der Waals surface area contributed by atoms with Crippen LogP contribution >= 0.6 is 0 Å². The second kappa shape index (κ2) is 3.99. The van der Waals surface area contributed by atoms with Crippen LogP contribution in [0.4, 0.5) is 5.82 Å². The molecule has 0 unspecified atom stereocenters. The minimum absolute atomic E-state index is 0.344. The molecule has 0 aliphatic heterocycles. The monoisotopic (exact) mass is 241 g/mol. The predicted octanol–water partition coefficient (Wildman–Crippen LogP) is 2.02. The van der Waals surface area contributed by atoms with Gasteiger partial charge in [0.25, 0.3) is 0 Å². The molecule has 0 spiro atoms. The number of aromatic amines is 1. The standard InChI is InChI=1S/C12H11N5O/c1-7-2-4-8(5-3-7)10-11(18-16-12(10)13)9-6-14-17-15-9/h2-6H,1H3,(H2,13,16)(H,14,15,17). The maximum Gasteiger partial charge on any atom is 0.198 e. The average Bonchev–Trinajstić information content (AvgIpc) is 2.99. The lowest BCUT2D eigenvalue weighted by Gasteiger charge is -2.01. The average molecular weight is 241 g/mol. The predicted molar refractivity (Wildman–Crippen MR) is 66.5 cm³/mol. The molecule has 0 aliphatic carbocycles. The molecule has 0 amide bonds. The third-order valence-corrected chi connectivity index (χ3v) is 2.71. The van der Waals surface area contributed by atoms with E-state index in [1.54, 1.807) is 6.20 Å². The molecule has 1 aromatic carbocycles. The van der Waals surface area contributed by atoms with Crippen LogP contribution < -0.4 is 5.73 Å². The van der Waals surface area contributed by atoms with E-state index < -0.39 is 0 Å². The fourth-order valence-corrected chi connectivity index (χ4v) is 1.79. The number of hydrogen-bond acceptors (Lipinski definition) is 5. The summed E-state index contributed by atoms with van der Waals surface area (Å²) in [4.78, 5) is 0. The molecular weight excluding hydrogens is 230 g/mol. The van der Waals surface area contributed by atoms with Crippen molar-refractivity contribution in [2.45, 2.75) is 6.92 Å². The van der Waals surface area contributed by atoms with Gasteiger partial charge in [-0.2, -0.15) is 15.4 Å². The molecule has 3 aromatic rings. The lowest BCUT2D eigenvalue weighted by atomic mass is 10.0. The van der Waals surface area contributed by atoms with Crippen molar-refractivity contribution in [1.29, 1.82) is 0 Å². The fraction of sp³-hybridized carbons (Fsp3) is 0.0833. The Labute approximate surface area is 103 Å². The zero-order valence-corrected chi connectivity index (χ0v) is 9.71. The number of aromatic nitrogens is 4. The third kappa shape index (κ3) is 1.64. The lowest BCUT2D eigenvalue weighted by Crippen LogP contribution is -1.89. The first kappa shape index (κ1) is 10.5. The Balaban J connectivity index is 2.17. The summed E-state index contributed by atoms with van der Waals surface area (Å²) in [5.41, 5.74) is 9.29. The highest BCUT2D eigenvalue weighted by Gasteiger charge is 2.19. The number of rotatable bonds is 2. The summed E-state index contributed by atoms with van der Waals surface area (Å²) >= 11 is 0. The summed E-state index contributed by atoms with van der Waals surface area (Å²) in [5, 5.41) is 14.1. The van der Waals surface area contributed by atoms with Crippen molar-refractivity contribution < 1.29 is 4.52 Å². The van der Waals surface area contributed by atoms with E-state index in [2.05, 4.69) is 20.6 Å². The Morgan fingerprint density at radius 1 is 1.22 bits per heavy atom. The van der Waals surface area contributed by atoms with E-state index >= 15 is 0 Å². The van der Waals surface area contributed by atoms with Gasteiger partial charge in [-0.05, 0) is 12.5 Å². The SMILES string of the molecule is Cc1ccc(-c2c(N)noc2-c2cn[nH]n2)cc1. The maximum atomic E-state index is 5.85. The Kier molecular flexibility index (Phi) is 2.33. The van der Waals surface area contributed by atoms with Gasteiger partial charge in [0.1, 0.15) is 0 Å². The first-order valence-corrected chi connectivity index (χ1v) is 5.44. The lowest BCUT2D eigenvalue weighted by molar-refractivity contribution is 0.434. The van der Waals surface area contributed by atoms with Gasteiger partial charge in [-0.15, -0.1) is 0 Å². The van der Waals surface area contributed by atoms with Gasteiger partial charge in [0.15, 0.2) is 17.3 Å². The second-order valence-corrected chi connectivity index (χ2v) is 3.99. The van der Waals surface area contributed by atoms with Crippen molar-refractivity contribution in [1.82, 2.24) is 20.6 Å². The summed E-state index contributed by atoms with van der Waals surface area (Å²) in [6.45, 7) is 2.03. The van der Waals surface area contributed by atoms with Crippen molar-refractivity contribution in [3.63, 3.8) is 0 Å². The van der Waals surface area contributed by atoms with E-state index in [4.69, 9.17) is 10.3 Å². The largest absolute Gasteiger partial charge is 0.380 e. The normalized spacial score (nSPS) is 10.7. The molecule has 2 aromatic heterocycles. The Bertz CT molecular complexity index is 654. The number of H-pyrrole nitrogens is 1. The highest BCUT2D eigenvalue weighted by molar-refractivity contribution is 5.85. The molecule has 6 nitrogen and oxygen atoms in total. The van der Waals surface area contributed by atoms with Crippen LogP contribution in [0, 0.1) is 6.92 Å². The van der Waals surface area contributed by atoms with Crippen molar-refractivity contribution in [3.8, 4) is 22.6 Å². The quantitative estimate of drug-likeness (QED) is 0.715. The summed E-state index contributed by atoms with van der Waals surface area (Å²) in [7, 11) is 0. The molecule has 2 heterocycles. The van der Waals surface area contributed by atoms with E-state index in [9.17, 15) is 0 Å². The number of nitrogens with two attached hydrogens (primary N) is 1. The van der Waals surface area contributed by atoms with Crippen LogP contribution in [0.1, 0.15) is 5.56 Å². The van der Waals surface area contributed by atoms with Gasteiger partial charge in [0, 0.05) is 0 Å². The van der Waals surface area contributed by atoms with Gasteiger partial charge in [-0.25, -0.2) is 0 Å². The molecule has 90 valence electrons. The van der Waals surface area contributed by atoms with Crippen molar-refractivity contribution >= 4 is 5.82 Å². The number of nitrogens with one attached hydrogen (secondary N) is 1. The molecule has 0 saturated heterocycles. The number of benzene rings is 1. The Morgan fingerprint density at radius 3 is 2.67 bits per heavy atom. The number of anilines is 1. The van der Waals surface area contributed by atoms with Crippen LogP contribution in [-0.4, -0.2) is 20.6 Å². The van der Waals surface area contributed by atoms with Gasteiger partial charge < -0.3 is 10.3 Å². The van der Waals surface area contributed by atoms with Crippen molar-refractivity contribution in [2.24, 2.45) is 0 Å². The van der Waals surface area contributed by atoms with E-state index in [0.717, 1.165) is 11.1 Å². The van der Waals surface area contributed by atoms with E-state index in [1.807, 2.05) is 31.2 Å². The summed E-state index contributed by atoms with van der Waals surface area (Å²) < 4.78 is 5.23. The first-order chi connectivity index (χ1) is 8.75. The molecule has 3 rings (SSSR count). The molecule has 0 bridgehead atoms. The summed E-state index contributed by atoms with van der Waals surface area (Å²) in [5.74, 6) is 0.863. The van der Waals surface area contributed by atoms with Gasteiger partial charge in [0.2, 0.25) is 0 Å². The third-order valence-electron chi connectivity index (χ3n) is 2.71. The molecule has 0 saturated carbocycles. The summed E-state index contributed by atoms with van der Waals surface area (Å²) in [6.07, 6.45) is 1.57. The van der Waals surface area contributed by atoms with Gasteiger partial charge >= 0.3 is 0 Å². The smallest absolute Gasteiger partial charge is 0.198 e. The molecule has 3 N–H and O–H groups in total. The first-order valence-electron chi connectivity index (χ1n) is 5.44. The highest BCUT2D eigenvalue weighted by Crippen LogP contribution is 2.35. The van der Waals surface area contributed by atoms with Crippen molar-refractivity contribution in [2.75, 3.05) is 5.73 Å². The molecule has 0 aliphatic rings. The van der Waals surface area contributed by atoms with E-state index in [-0.39, 0.29) is 0 Å². The van der Waals surface area contributed by atoms with Gasteiger partial charge in [-0.1, -0.05) is 35.0 Å². The Morgan fingerprint density at radius 2 is 2.00 bits per heavy atom. The summed E-state index contributed by atoms with van der Waals surface area (Å²) in [6, 6.07) is 7.96. The Hall–Kier alpha value is -2.63. The maximum absolute atomic E-state index is 5.85. The highest BCUT2D eigenvalue weighted by atomic mass is 16.5. The minimum Gasteiger partial charge on any atom is -0.380 e. The van der Waals surface area contributed by atoms with Crippen LogP contribution in [0.15, 0.2) is 35.0 Å². The second-order valence-electron chi connectivity index (χ2n) is 3.99. The van der Waals surface area contributed by atoms with Crippen LogP contribution in [0.25, 0.3) is 22.6 Å². The molecule has 0 fully saturated rings. The van der Waals surface area contributed by atoms with Crippen LogP contribution in [0.3, 0.4) is 0 Å². The molecule has 6 heteroatoms. The number of hydrogen-bond donors (Lipinski definition) is 2. The van der Waals surface area contributed by atoms with Gasteiger partial charge in [0.05, 0.1) is 11.8 Å². The number of aryl methyl sites for hydroxylation is 1. The van der Waals surface area contributed by atoms with Crippen LogP contribution in [0.5, 0.6) is 0 Å². The fourth-order valence-electron chi connectivity index (χ4n) is 1.79. The molecule has 0 radical (unpaired) electrons. The zero-order valence-electron chi connectivity index (χ0n) is 9.71.